The molecule has 0 aliphatic carbocycles. The zero-order valence-electron chi connectivity index (χ0n) is 11.0. The third-order valence-corrected chi connectivity index (χ3v) is 2.48. The number of ether oxygens (including phenoxy) is 1. The average Bonchev–Trinajstić information content (AvgIpc) is 2.71. The predicted molar refractivity (Wildman–Crippen MR) is 63.6 cm³/mol. The number of halogens is 3. The lowest BCUT2D eigenvalue weighted by Gasteiger charge is -2.14. The average molecular weight is 280 g/mol. The summed E-state index contributed by atoms with van der Waals surface area (Å²) in [7, 11) is 0. The summed E-state index contributed by atoms with van der Waals surface area (Å²) in [5.74, 6) is 0.735. The predicted octanol–water partition coefficient (Wildman–Crippen LogP) is 1.70. The Kier molecular flexibility index (Phi) is 5.74. The SMILES string of the molecule is CC(C)n1ncnc1CC(N)CCOCC(F)(F)F. The second-order valence-corrected chi connectivity index (χ2v) is 4.64. The lowest BCUT2D eigenvalue weighted by molar-refractivity contribution is -0.174. The molecule has 1 atom stereocenters. The Bertz CT molecular complexity index is 378. The van der Waals surface area contributed by atoms with E-state index in [0.29, 0.717) is 12.8 Å². The quantitative estimate of drug-likeness (QED) is 0.772. The van der Waals surface area contributed by atoms with Crippen LogP contribution in [0, 0.1) is 0 Å². The van der Waals surface area contributed by atoms with E-state index in [1.54, 1.807) is 4.68 Å². The van der Waals surface area contributed by atoms with Gasteiger partial charge in [-0.1, -0.05) is 0 Å². The fourth-order valence-electron chi connectivity index (χ4n) is 1.61. The minimum atomic E-state index is -4.29. The van der Waals surface area contributed by atoms with E-state index >= 15 is 0 Å². The van der Waals surface area contributed by atoms with Crippen molar-refractivity contribution < 1.29 is 17.9 Å². The highest BCUT2D eigenvalue weighted by atomic mass is 19.4. The first kappa shape index (κ1) is 15.9. The highest BCUT2D eigenvalue weighted by Gasteiger charge is 2.27. The van der Waals surface area contributed by atoms with Crippen molar-refractivity contribution >= 4 is 0 Å². The maximum Gasteiger partial charge on any atom is 0.411 e. The molecule has 0 aromatic carbocycles. The molecule has 110 valence electrons. The normalized spacial score (nSPS) is 14.1. The van der Waals surface area contributed by atoms with E-state index in [1.165, 1.54) is 6.33 Å². The molecule has 19 heavy (non-hydrogen) atoms. The van der Waals surface area contributed by atoms with Gasteiger partial charge in [-0.25, -0.2) is 9.67 Å². The van der Waals surface area contributed by atoms with Crippen molar-refractivity contribution in [1.82, 2.24) is 14.8 Å². The summed E-state index contributed by atoms with van der Waals surface area (Å²) in [5, 5.41) is 4.07. The Morgan fingerprint density at radius 3 is 2.68 bits per heavy atom. The number of nitrogens with zero attached hydrogens (tertiary/aromatic N) is 3. The van der Waals surface area contributed by atoms with E-state index in [-0.39, 0.29) is 18.7 Å². The van der Waals surface area contributed by atoms with E-state index in [0.717, 1.165) is 5.82 Å². The number of aromatic nitrogens is 3. The molecule has 0 radical (unpaired) electrons. The van der Waals surface area contributed by atoms with Gasteiger partial charge in [-0.2, -0.15) is 18.3 Å². The first-order chi connectivity index (χ1) is 8.79. The molecule has 0 saturated heterocycles. The van der Waals surface area contributed by atoms with Crippen molar-refractivity contribution in [2.75, 3.05) is 13.2 Å². The second kappa shape index (κ2) is 6.85. The van der Waals surface area contributed by atoms with Crippen LogP contribution in [-0.2, 0) is 11.2 Å². The molecule has 0 aliphatic rings. The van der Waals surface area contributed by atoms with Crippen LogP contribution in [-0.4, -0.2) is 40.2 Å². The van der Waals surface area contributed by atoms with Crippen LogP contribution in [0.3, 0.4) is 0 Å². The summed E-state index contributed by atoms with van der Waals surface area (Å²) in [6.07, 6.45) is -2.03. The molecule has 1 aromatic rings. The molecule has 1 aromatic heterocycles. The number of nitrogens with two attached hydrogens (primary N) is 1. The Morgan fingerprint density at radius 2 is 2.11 bits per heavy atom. The van der Waals surface area contributed by atoms with Gasteiger partial charge in [0.2, 0.25) is 0 Å². The Hall–Kier alpha value is -1.15. The molecule has 0 aliphatic heterocycles. The second-order valence-electron chi connectivity index (χ2n) is 4.64. The summed E-state index contributed by atoms with van der Waals surface area (Å²) in [6.45, 7) is 2.69. The van der Waals surface area contributed by atoms with Crippen LogP contribution in [0.5, 0.6) is 0 Å². The summed E-state index contributed by atoms with van der Waals surface area (Å²) in [5.41, 5.74) is 5.84. The van der Waals surface area contributed by atoms with Crippen LogP contribution < -0.4 is 5.73 Å². The molecular weight excluding hydrogens is 261 g/mol. The molecule has 1 rings (SSSR count). The van der Waals surface area contributed by atoms with Crippen LogP contribution >= 0.6 is 0 Å². The fraction of sp³-hybridized carbons (Fsp3) is 0.818. The third-order valence-electron chi connectivity index (χ3n) is 2.48. The lowest BCUT2D eigenvalue weighted by atomic mass is 10.1. The zero-order valence-corrected chi connectivity index (χ0v) is 11.0. The molecule has 1 unspecified atom stereocenters. The van der Waals surface area contributed by atoms with E-state index in [4.69, 9.17) is 5.73 Å². The maximum atomic E-state index is 11.8. The number of hydrogen-bond acceptors (Lipinski definition) is 4. The molecular formula is C11H19F3N4O. The highest BCUT2D eigenvalue weighted by Crippen LogP contribution is 2.14. The molecule has 1 heterocycles. The first-order valence-electron chi connectivity index (χ1n) is 6.08. The van der Waals surface area contributed by atoms with Gasteiger partial charge in [0.15, 0.2) is 0 Å². The van der Waals surface area contributed by atoms with Gasteiger partial charge in [-0.15, -0.1) is 0 Å². The van der Waals surface area contributed by atoms with Gasteiger partial charge in [0.1, 0.15) is 18.8 Å². The molecule has 0 fully saturated rings. The van der Waals surface area contributed by atoms with Crippen LogP contribution in [0.25, 0.3) is 0 Å². The monoisotopic (exact) mass is 280 g/mol. The van der Waals surface area contributed by atoms with E-state index in [1.807, 2.05) is 13.8 Å². The van der Waals surface area contributed by atoms with E-state index < -0.39 is 12.8 Å². The zero-order chi connectivity index (χ0) is 14.5. The number of hydrogen-bond donors (Lipinski definition) is 1. The van der Waals surface area contributed by atoms with Crippen LogP contribution in [0.15, 0.2) is 6.33 Å². The minimum absolute atomic E-state index is 0.0174. The third kappa shape index (κ3) is 6.02. The van der Waals surface area contributed by atoms with Gasteiger partial charge in [-0.05, 0) is 20.3 Å². The lowest BCUT2D eigenvalue weighted by Crippen LogP contribution is -2.28. The van der Waals surface area contributed by atoms with Gasteiger partial charge < -0.3 is 10.5 Å². The molecule has 8 heteroatoms. The number of rotatable bonds is 7. The van der Waals surface area contributed by atoms with Crippen molar-refractivity contribution in [3.8, 4) is 0 Å². The molecule has 0 amide bonds. The summed E-state index contributed by atoms with van der Waals surface area (Å²) in [6, 6.07) is -0.124. The Balaban J connectivity index is 2.31. The molecule has 0 bridgehead atoms. The van der Waals surface area contributed by atoms with Gasteiger partial charge >= 0.3 is 6.18 Å². The maximum absolute atomic E-state index is 11.8. The van der Waals surface area contributed by atoms with Gasteiger partial charge in [-0.3, -0.25) is 0 Å². The standard InChI is InChI=1S/C11H19F3N4O/c1-8(2)18-10(16-7-17-18)5-9(15)3-4-19-6-11(12,13)14/h7-9H,3-6,15H2,1-2H3. The van der Waals surface area contributed by atoms with Crippen LogP contribution in [0.2, 0.25) is 0 Å². The van der Waals surface area contributed by atoms with E-state index in [9.17, 15) is 13.2 Å². The molecule has 5 nitrogen and oxygen atoms in total. The van der Waals surface area contributed by atoms with E-state index in [2.05, 4.69) is 14.8 Å². The first-order valence-corrected chi connectivity index (χ1v) is 6.08. The molecule has 2 N–H and O–H groups in total. The fourth-order valence-corrected chi connectivity index (χ4v) is 1.61. The van der Waals surface area contributed by atoms with Crippen molar-refractivity contribution in [1.29, 1.82) is 0 Å². The van der Waals surface area contributed by atoms with Crippen molar-refractivity contribution in [3.05, 3.63) is 12.2 Å². The van der Waals surface area contributed by atoms with Crippen LogP contribution in [0.1, 0.15) is 32.1 Å². The van der Waals surface area contributed by atoms with Gasteiger partial charge in [0.05, 0.1) is 0 Å². The summed E-state index contributed by atoms with van der Waals surface area (Å²) >= 11 is 0. The Morgan fingerprint density at radius 1 is 1.42 bits per heavy atom. The topological polar surface area (TPSA) is 66.0 Å². The minimum Gasteiger partial charge on any atom is -0.372 e. The van der Waals surface area contributed by atoms with Crippen molar-refractivity contribution in [2.24, 2.45) is 5.73 Å². The van der Waals surface area contributed by atoms with Crippen molar-refractivity contribution in [3.63, 3.8) is 0 Å². The highest BCUT2D eigenvalue weighted by molar-refractivity contribution is 4.90. The van der Waals surface area contributed by atoms with Gasteiger partial charge in [0.25, 0.3) is 0 Å². The van der Waals surface area contributed by atoms with Gasteiger partial charge in [0, 0.05) is 25.1 Å². The smallest absolute Gasteiger partial charge is 0.372 e. The van der Waals surface area contributed by atoms with Crippen molar-refractivity contribution in [2.45, 2.75) is 44.9 Å². The molecule has 0 saturated carbocycles. The largest absolute Gasteiger partial charge is 0.411 e. The summed E-state index contributed by atoms with van der Waals surface area (Å²) in [4.78, 5) is 4.10. The number of alkyl halides is 3. The Labute approximate surface area is 109 Å². The van der Waals surface area contributed by atoms with Crippen LogP contribution in [0.4, 0.5) is 13.2 Å². The molecule has 0 spiro atoms. The summed E-state index contributed by atoms with van der Waals surface area (Å²) < 4.78 is 41.8.